The first kappa shape index (κ1) is 21.4. The van der Waals surface area contributed by atoms with Gasteiger partial charge in [-0.1, -0.05) is 64.7 Å². The summed E-state index contributed by atoms with van der Waals surface area (Å²) in [4.78, 5) is 11.6. The minimum Gasteiger partial charge on any atom is -0.458 e. The summed E-state index contributed by atoms with van der Waals surface area (Å²) in [5.74, 6) is -0.740. The van der Waals surface area contributed by atoms with Crippen LogP contribution in [0.25, 0.3) is 0 Å². The molecule has 0 radical (unpaired) electrons. The summed E-state index contributed by atoms with van der Waals surface area (Å²) in [6.07, 6.45) is 8.75. The lowest BCUT2D eigenvalue weighted by atomic mass is 10.0. The monoisotopic (exact) mass is 316 g/mol. The van der Waals surface area contributed by atoms with Crippen molar-refractivity contribution in [3.05, 3.63) is 0 Å². The Labute approximate surface area is 136 Å². The third-order valence-electron chi connectivity index (χ3n) is 3.62. The molecule has 0 rings (SSSR count). The van der Waals surface area contributed by atoms with E-state index in [1.165, 1.54) is 38.5 Å². The lowest BCUT2D eigenvalue weighted by Gasteiger charge is -2.23. The topological polar surface area (TPSA) is 66.8 Å². The summed E-state index contributed by atoms with van der Waals surface area (Å²) in [6, 6.07) is 0. The van der Waals surface area contributed by atoms with Gasteiger partial charge in [0.1, 0.15) is 5.60 Å². The molecule has 0 unspecified atom stereocenters. The zero-order chi connectivity index (χ0) is 17.0. The van der Waals surface area contributed by atoms with Gasteiger partial charge in [-0.3, -0.25) is 0 Å². The molecule has 0 aromatic rings. The third-order valence-corrected chi connectivity index (χ3v) is 3.62. The molecule has 0 amide bonds. The van der Waals surface area contributed by atoms with Gasteiger partial charge in [0.15, 0.2) is 6.10 Å². The summed E-state index contributed by atoms with van der Waals surface area (Å²) in [5, 5.41) is 19.6. The predicted octanol–water partition coefficient (Wildman–Crippen LogP) is 3.97. The molecule has 2 N–H and O–H groups in total. The average molecular weight is 316 g/mol. The van der Waals surface area contributed by atoms with Crippen LogP contribution in [0.4, 0.5) is 0 Å². The maximum absolute atomic E-state index is 11.6. The van der Waals surface area contributed by atoms with E-state index in [0.717, 1.165) is 19.3 Å². The molecule has 0 heterocycles. The zero-order valence-corrected chi connectivity index (χ0v) is 14.9. The van der Waals surface area contributed by atoms with Gasteiger partial charge in [0, 0.05) is 0 Å². The molecular weight excluding hydrogens is 280 g/mol. The predicted molar refractivity (Wildman–Crippen MR) is 89.7 cm³/mol. The number of aliphatic hydroxyl groups is 2. The highest BCUT2D eigenvalue weighted by Crippen LogP contribution is 2.14. The molecule has 0 fully saturated rings. The van der Waals surface area contributed by atoms with Gasteiger partial charge >= 0.3 is 5.97 Å². The summed E-state index contributed by atoms with van der Waals surface area (Å²) in [7, 11) is 0. The van der Waals surface area contributed by atoms with Crippen LogP contribution in [0, 0.1) is 0 Å². The molecule has 4 nitrogen and oxygen atoms in total. The van der Waals surface area contributed by atoms with E-state index in [0.29, 0.717) is 6.42 Å². The molecule has 0 aromatic carbocycles. The van der Waals surface area contributed by atoms with Gasteiger partial charge in [0.2, 0.25) is 0 Å². The highest BCUT2D eigenvalue weighted by atomic mass is 16.6. The zero-order valence-electron chi connectivity index (χ0n) is 14.9. The Morgan fingerprint density at radius 2 is 1.36 bits per heavy atom. The fourth-order valence-electron chi connectivity index (χ4n) is 2.34. The molecular formula is C18H36O4. The van der Waals surface area contributed by atoms with Crippen LogP contribution in [0.15, 0.2) is 0 Å². The van der Waals surface area contributed by atoms with Crippen molar-refractivity contribution in [3.63, 3.8) is 0 Å². The van der Waals surface area contributed by atoms with Crippen molar-refractivity contribution in [2.75, 3.05) is 0 Å². The van der Waals surface area contributed by atoms with Crippen molar-refractivity contribution in [1.29, 1.82) is 0 Å². The largest absolute Gasteiger partial charge is 0.458 e. The van der Waals surface area contributed by atoms with Crippen molar-refractivity contribution in [1.82, 2.24) is 0 Å². The molecule has 132 valence electrons. The number of hydrogen-bond donors (Lipinski definition) is 2. The van der Waals surface area contributed by atoms with Crippen LogP contribution in [-0.2, 0) is 9.53 Å². The fourth-order valence-corrected chi connectivity index (χ4v) is 2.34. The SMILES string of the molecule is CCCCCCCCCCC[C@@H](O)[C@H](O)C(=O)OC(C)(C)C. The highest BCUT2D eigenvalue weighted by molar-refractivity contribution is 5.75. The van der Waals surface area contributed by atoms with Gasteiger partial charge in [0.05, 0.1) is 6.10 Å². The summed E-state index contributed by atoms with van der Waals surface area (Å²) in [5.41, 5.74) is -0.643. The van der Waals surface area contributed by atoms with Gasteiger partial charge < -0.3 is 14.9 Å². The number of carbonyl (C=O) groups is 1. The standard InChI is InChI=1S/C18H36O4/c1-5-6-7-8-9-10-11-12-13-14-15(19)16(20)17(21)22-18(2,3)4/h15-16,19-20H,5-14H2,1-4H3/t15-,16+/m1/s1. The Bertz CT molecular complexity index is 283. The minimum atomic E-state index is -1.44. The van der Waals surface area contributed by atoms with Crippen molar-refractivity contribution >= 4 is 5.97 Å². The van der Waals surface area contributed by atoms with Gasteiger partial charge in [0.25, 0.3) is 0 Å². The second-order valence-corrected chi connectivity index (χ2v) is 7.16. The highest BCUT2D eigenvalue weighted by Gasteiger charge is 2.28. The molecule has 22 heavy (non-hydrogen) atoms. The van der Waals surface area contributed by atoms with E-state index >= 15 is 0 Å². The fraction of sp³-hybridized carbons (Fsp3) is 0.944. The van der Waals surface area contributed by atoms with Gasteiger partial charge in [-0.15, -0.1) is 0 Å². The van der Waals surface area contributed by atoms with Crippen molar-refractivity contribution in [3.8, 4) is 0 Å². The van der Waals surface area contributed by atoms with Gasteiger partial charge in [-0.2, -0.15) is 0 Å². The number of aliphatic hydroxyl groups excluding tert-OH is 2. The van der Waals surface area contributed by atoms with Gasteiger partial charge in [-0.05, 0) is 27.2 Å². The third kappa shape index (κ3) is 12.0. The van der Waals surface area contributed by atoms with E-state index in [1.54, 1.807) is 20.8 Å². The molecule has 0 aliphatic heterocycles. The second kappa shape index (κ2) is 11.9. The maximum Gasteiger partial charge on any atom is 0.338 e. The molecule has 4 heteroatoms. The molecule has 2 atom stereocenters. The number of esters is 1. The van der Waals surface area contributed by atoms with Crippen LogP contribution < -0.4 is 0 Å². The molecule has 0 aliphatic rings. The maximum atomic E-state index is 11.6. The molecule has 0 aliphatic carbocycles. The first-order chi connectivity index (χ1) is 10.3. The number of carbonyl (C=O) groups excluding carboxylic acids is 1. The number of ether oxygens (including phenoxy) is 1. The van der Waals surface area contributed by atoms with E-state index in [4.69, 9.17) is 4.74 Å². The van der Waals surface area contributed by atoms with Crippen LogP contribution in [0.3, 0.4) is 0 Å². The van der Waals surface area contributed by atoms with E-state index in [2.05, 4.69) is 6.92 Å². The Hall–Kier alpha value is -0.610. The van der Waals surface area contributed by atoms with Gasteiger partial charge in [-0.25, -0.2) is 4.79 Å². The van der Waals surface area contributed by atoms with E-state index in [9.17, 15) is 15.0 Å². The number of unbranched alkanes of at least 4 members (excludes halogenated alkanes) is 8. The van der Waals surface area contributed by atoms with E-state index in [-0.39, 0.29) is 0 Å². The van der Waals surface area contributed by atoms with E-state index in [1.807, 2.05) is 0 Å². The summed E-state index contributed by atoms with van der Waals surface area (Å²) < 4.78 is 5.06. The Morgan fingerprint density at radius 1 is 0.909 bits per heavy atom. The van der Waals surface area contributed by atoms with Crippen molar-refractivity contribution in [2.45, 2.75) is 110 Å². The number of rotatable bonds is 12. The average Bonchev–Trinajstić information content (AvgIpc) is 2.42. The molecule has 0 bridgehead atoms. The Morgan fingerprint density at radius 3 is 1.82 bits per heavy atom. The molecule has 0 spiro atoms. The van der Waals surface area contributed by atoms with Crippen molar-refractivity contribution in [2.24, 2.45) is 0 Å². The molecule has 0 aromatic heterocycles. The second-order valence-electron chi connectivity index (χ2n) is 7.16. The molecule has 0 saturated carbocycles. The molecule has 0 saturated heterocycles. The first-order valence-electron chi connectivity index (χ1n) is 8.87. The van der Waals surface area contributed by atoms with E-state index < -0.39 is 23.8 Å². The van der Waals surface area contributed by atoms with Crippen LogP contribution in [-0.4, -0.2) is 34.0 Å². The van der Waals surface area contributed by atoms with Crippen molar-refractivity contribution < 1.29 is 19.7 Å². The lowest BCUT2D eigenvalue weighted by Crippen LogP contribution is -2.39. The number of hydrogen-bond acceptors (Lipinski definition) is 4. The normalized spacial score (nSPS) is 14.6. The smallest absolute Gasteiger partial charge is 0.338 e. The van der Waals surface area contributed by atoms with Crippen LogP contribution in [0.2, 0.25) is 0 Å². The van der Waals surface area contributed by atoms with Crippen LogP contribution in [0.5, 0.6) is 0 Å². The summed E-state index contributed by atoms with van der Waals surface area (Å²) >= 11 is 0. The summed E-state index contributed by atoms with van der Waals surface area (Å²) in [6.45, 7) is 7.44. The van der Waals surface area contributed by atoms with Crippen LogP contribution >= 0.6 is 0 Å². The minimum absolute atomic E-state index is 0.441. The Kier molecular flexibility index (Phi) is 11.6. The van der Waals surface area contributed by atoms with Crippen LogP contribution in [0.1, 0.15) is 91.9 Å². The quantitative estimate of drug-likeness (QED) is 0.422. The Balaban J connectivity index is 3.63. The lowest BCUT2D eigenvalue weighted by molar-refractivity contribution is -0.171. The first-order valence-corrected chi connectivity index (χ1v) is 8.87.